The van der Waals surface area contributed by atoms with E-state index in [2.05, 4.69) is 37.4 Å². The van der Waals surface area contributed by atoms with Crippen LogP contribution in [0.1, 0.15) is 45.1 Å². The van der Waals surface area contributed by atoms with Gasteiger partial charge in [-0.3, -0.25) is 5.32 Å². The largest absolute Gasteiger partial charge is 0.295 e. The molecular formula is C16H22N2. The lowest BCUT2D eigenvalue weighted by Crippen LogP contribution is -2.56. The van der Waals surface area contributed by atoms with Crippen molar-refractivity contribution in [1.82, 2.24) is 5.32 Å². The molecule has 1 aromatic carbocycles. The summed E-state index contributed by atoms with van der Waals surface area (Å²) < 4.78 is 0. The number of rotatable bonds is 3. The van der Waals surface area contributed by atoms with Crippen molar-refractivity contribution in [3.05, 3.63) is 35.9 Å². The molecule has 0 radical (unpaired) electrons. The normalized spacial score (nSPS) is 26.5. The maximum atomic E-state index is 9.64. The predicted molar refractivity (Wildman–Crippen MR) is 73.9 cm³/mol. The molecule has 1 fully saturated rings. The molecule has 1 atom stereocenters. The Hall–Kier alpha value is -1.33. The third kappa shape index (κ3) is 2.42. The van der Waals surface area contributed by atoms with Crippen molar-refractivity contribution in [3.8, 4) is 6.07 Å². The quantitative estimate of drug-likeness (QED) is 0.878. The highest BCUT2D eigenvalue weighted by Crippen LogP contribution is 2.43. The van der Waals surface area contributed by atoms with Gasteiger partial charge in [-0.2, -0.15) is 5.26 Å². The minimum Gasteiger partial charge on any atom is -0.295 e. The van der Waals surface area contributed by atoms with E-state index in [1.54, 1.807) is 0 Å². The van der Waals surface area contributed by atoms with E-state index in [4.69, 9.17) is 0 Å². The lowest BCUT2D eigenvalue weighted by atomic mass is 9.64. The van der Waals surface area contributed by atoms with E-state index >= 15 is 0 Å². The molecule has 1 unspecified atom stereocenters. The first-order valence-electron chi connectivity index (χ1n) is 6.80. The summed E-state index contributed by atoms with van der Waals surface area (Å²) in [6.07, 6.45) is 4.48. The zero-order chi connectivity index (χ0) is 13.1. The third-order valence-corrected chi connectivity index (χ3v) is 4.39. The number of nitriles is 1. The molecule has 0 bridgehead atoms. The maximum absolute atomic E-state index is 9.64. The molecule has 1 saturated carbocycles. The predicted octanol–water partition coefficient (Wildman–Crippen LogP) is 3.64. The molecule has 1 aliphatic rings. The molecule has 0 aliphatic heterocycles. The van der Waals surface area contributed by atoms with Crippen molar-refractivity contribution >= 4 is 0 Å². The maximum Gasteiger partial charge on any atom is 0.112 e. The van der Waals surface area contributed by atoms with Gasteiger partial charge in [0.25, 0.3) is 0 Å². The molecule has 0 spiro atoms. The topological polar surface area (TPSA) is 35.8 Å². The van der Waals surface area contributed by atoms with Crippen molar-refractivity contribution in [2.45, 2.75) is 51.6 Å². The van der Waals surface area contributed by atoms with Gasteiger partial charge in [0.15, 0.2) is 0 Å². The smallest absolute Gasteiger partial charge is 0.112 e. The summed E-state index contributed by atoms with van der Waals surface area (Å²) in [5, 5.41) is 13.2. The fraction of sp³-hybridized carbons (Fsp3) is 0.562. The molecule has 2 heteroatoms. The summed E-state index contributed by atoms with van der Waals surface area (Å²) in [5.74, 6) is 0. The standard InChI is InChI=1S/C16H22N2/c1-15(2)10-6-7-11-16(15,13-17)18-12-14-8-4-3-5-9-14/h3-5,8-9,18H,6-7,10-12H2,1-2H3. The first-order valence-corrected chi connectivity index (χ1v) is 6.80. The van der Waals surface area contributed by atoms with Crippen molar-refractivity contribution in [3.63, 3.8) is 0 Å². The van der Waals surface area contributed by atoms with Gasteiger partial charge in [-0.05, 0) is 23.8 Å². The van der Waals surface area contributed by atoms with Crippen LogP contribution in [0.25, 0.3) is 0 Å². The van der Waals surface area contributed by atoms with Crippen LogP contribution in [0.3, 0.4) is 0 Å². The molecule has 2 rings (SSSR count). The van der Waals surface area contributed by atoms with Crippen LogP contribution in [-0.4, -0.2) is 5.54 Å². The van der Waals surface area contributed by atoms with E-state index in [1.165, 1.54) is 12.0 Å². The van der Waals surface area contributed by atoms with Crippen LogP contribution in [0.15, 0.2) is 30.3 Å². The monoisotopic (exact) mass is 242 g/mol. The molecule has 0 aromatic heterocycles. The first-order chi connectivity index (χ1) is 8.60. The minimum absolute atomic E-state index is 0.0504. The van der Waals surface area contributed by atoms with E-state index in [0.29, 0.717) is 0 Å². The Morgan fingerprint density at radius 3 is 2.44 bits per heavy atom. The molecule has 18 heavy (non-hydrogen) atoms. The molecule has 2 nitrogen and oxygen atoms in total. The van der Waals surface area contributed by atoms with Crippen LogP contribution >= 0.6 is 0 Å². The Balaban J connectivity index is 2.11. The highest BCUT2D eigenvalue weighted by molar-refractivity contribution is 5.20. The van der Waals surface area contributed by atoms with Crippen LogP contribution in [0.2, 0.25) is 0 Å². The second-order valence-corrected chi connectivity index (χ2v) is 5.95. The molecule has 1 N–H and O–H groups in total. The van der Waals surface area contributed by atoms with E-state index < -0.39 is 0 Å². The van der Waals surface area contributed by atoms with Gasteiger partial charge in [-0.25, -0.2) is 0 Å². The van der Waals surface area contributed by atoms with Gasteiger partial charge in [0.05, 0.1) is 6.07 Å². The van der Waals surface area contributed by atoms with Gasteiger partial charge in [0.1, 0.15) is 5.54 Å². The van der Waals surface area contributed by atoms with Crippen LogP contribution in [0.5, 0.6) is 0 Å². The Morgan fingerprint density at radius 2 is 1.83 bits per heavy atom. The van der Waals surface area contributed by atoms with Gasteiger partial charge < -0.3 is 0 Å². The minimum atomic E-state index is -0.374. The molecule has 1 aliphatic carbocycles. The second kappa shape index (κ2) is 5.12. The molecule has 96 valence electrons. The Labute approximate surface area is 110 Å². The van der Waals surface area contributed by atoms with Gasteiger partial charge in [0.2, 0.25) is 0 Å². The third-order valence-electron chi connectivity index (χ3n) is 4.39. The average molecular weight is 242 g/mol. The highest BCUT2D eigenvalue weighted by atomic mass is 15.0. The van der Waals surface area contributed by atoms with Gasteiger partial charge >= 0.3 is 0 Å². The van der Waals surface area contributed by atoms with Gasteiger partial charge in [-0.1, -0.05) is 57.0 Å². The highest BCUT2D eigenvalue weighted by Gasteiger charge is 2.46. The van der Waals surface area contributed by atoms with Crippen LogP contribution in [0, 0.1) is 16.7 Å². The number of nitrogens with one attached hydrogen (secondary N) is 1. The van der Waals surface area contributed by atoms with Crippen molar-refractivity contribution in [2.75, 3.05) is 0 Å². The lowest BCUT2D eigenvalue weighted by Gasteiger charge is -2.46. The molecule has 0 saturated heterocycles. The van der Waals surface area contributed by atoms with Gasteiger partial charge in [-0.15, -0.1) is 0 Å². The van der Waals surface area contributed by atoms with E-state index in [0.717, 1.165) is 25.8 Å². The van der Waals surface area contributed by atoms with Crippen LogP contribution in [0.4, 0.5) is 0 Å². The fourth-order valence-corrected chi connectivity index (χ4v) is 2.93. The Kier molecular flexibility index (Phi) is 3.73. The van der Waals surface area contributed by atoms with Crippen molar-refractivity contribution < 1.29 is 0 Å². The SMILES string of the molecule is CC1(C)CCCCC1(C#N)NCc1ccccc1. The Bertz CT molecular complexity index is 430. The van der Waals surface area contributed by atoms with Crippen LogP contribution in [-0.2, 0) is 6.54 Å². The fourth-order valence-electron chi connectivity index (χ4n) is 2.93. The summed E-state index contributed by atoms with van der Waals surface area (Å²) in [4.78, 5) is 0. The second-order valence-electron chi connectivity index (χ2n) is 5.95. The zero-order valence-corrected chi connectivity index (χ0v) is 11.4. The summed E-state index contributed by atoms with van der Waals surface area (Å²) in [6, 6.07) is 12.9. The van der Waals surface area contributed by atoms with Gasteiger partial charge in [0, 0.05) is 6.54 Å². The number of nitrogens with zero attached hydrogens (tertiary/aromatic N) is 1. The number of benzene rings is 1. The summed E-state index contributed by atoms with van der Waals surface area (Å²) in [7, 11) is 0. The zero-order valence-electron chi connectivity index (χ0n) is 11.4. The molecule has 0 heterocycles. The van der Waals surface area contributed by atoms with Crippen molar-refractivity contribution in [1.29, 1.82) is 5.26 Å². The summed E-state index contributed by atoms with van der Waals surface area (Å²) >= 11 is 0. The van der Waals surface area contributed by atoms with Crippen molar-refractivity contribution in [2.24, 2.45) is 5.41 Å². The molecule has 1 aromatic rings. The summed E-state index contributed by atoms with van der Waals surface area (Å²) in [6.45, 7) is 5.21. The number of hydrogen-bond acceptors (Lipinski definition) is 2. The van der Waals surface area contributed by atoms with E-state index in [1.807, 2.05) is 18.2 Å². The van der Waals surface area contributed by atoms with E-state index in [-0.39, 0.29) is 11.0 Å². The number of hydrogen-bond donors (Lipinski definition) is 1. The molecular weight excluding hydrogens is 220 g/mol. The average Bonchev–Trinajstić information content (AvgIpc) is 2.39. The summed E-state index contributed by atoms with van der Waals surface area (Å²) in [5.41, 5.74) is 0.920. The van der Waals surface area contributed by atoms with E-state index in [9.17, 15) is 5.26 Å². The first kappa shape index (κ1) is 13.1. The lowest BCUT2D eigenvalue weighted by molar-refractivity contribution is 0.108. The Morgan fingerprint density at radius 1 is 1.17 bits per heavy atom. The molecule has 0 amide bonds. The van der Waals surface area contributed by atoms with Crippen LogP contribution < -0.4 is 5.32 Å².